The van der Waals surface area contributed by atoms with Crippen molar-refractivity contribution in [1.29, 1.82) is 0 Å². The highest BCUT2D eigenvalue weighted by Crippen LogP contribution is 2.24. The van der Waals surface area contributed by atoms with Gasteiger partial charge in [-0.25, -0.2) is 4.98 Å². The quantitative estimate of drug-likeness (QED) is 0.762. The number of aromatic nitrogens is 2. The first-order chi connectivity index (χ1) is 14.1. The number of nitrogens with zero attached hydrogens (tertiary/aromatic N) is 2. The molecule has 0 unspecified atom stereocenters. The number of hydrogen-bond acceptors (Lipinski definition) is 3. The summed E-state index contributed by atoms with van der Waals surface area (Å²) in [4.78, 5) is 30.6. The lowest BCUT2D eigenvalue weighted by Crippen LogP contribution is -2.36. The lowest BCUT2D eigenvalue weighted by molar-refractivity contribution is 0.0917. The van der Waals surface area contributed by atoms with Crippen LogP contribution in [0.15, 0.2) is 24.3 Å². The third kappa shape index (κ3) is 4.36. The van der Waals surface area contributed by atoms with E-state index in [2.05, 4.69) is 15.6 Å². The van der Waals surface area contributed by atoms with Crippen molar-refractivity contribution < 1.29 is 9.59 Å². The first kappa shape index (κ1) is 19.7. The molecule has 0 saturated heterocycles. The lowest BCUT2D eigenvalue weighted by Gasteiger charge is -2.19. The summed E-state index contributed by atoms with van der Waals surface area (Å²) in [5, 5.41) is 6.15. The van der Waals surface area contributed by atoms with Crippen LogP contribution in [0.5, 0.6) is 0 Å². The van der Waals surface area contributed by atoms with Crippen molar-refractivity contribution in [3.8, 4) is 0 Å². The van der Waals surface area contributed by atoms with Gasteiger partial charge in [0.2, 0.25) is 0 Å². The number of fused-ring (bicyclic) bond motifs is 1. The molecule has 2 amide bonds. The number of anilines is 1. The Morgan fingerprint density at radius 2 is 1.76 bits per heavy atom. The van der Waals surface area contributed by atoms with Gasteiger partial charge in [-0.2, -0.15) is 0 Å². The number of carbonyl (C=O) groups excluding carboxylic acids is 2. The fourth-order valence-electron chi connectivity index (χ4n) is 4.47. The molecule has 6 nitrogen and oxygen atoms in total. The van der Waals surface area contributed by atoms with Crippen LogP contribution < -0.4 is 10.6 Å². The third-order valence-corrected chi connectivity index (χ3v) is 6.12. The van der Waals surface area contributed by atoms with E-state index >= 15 is 0 Å². The van der Waals surface area contributed by atoms with E-state index in [1.807, 2.05) is 35.8 Å². The van der Waals surface area contributed by atoms with Crippen LogP contribution in [0.2, 0.25) is 0 Å². The molecule has 4 rings (SSSR count). The molecule has 29 heavy (non-hydrogen) atoms. The van der Waals surface area contributed by atoms with Gasteiger partial charge in [0.1, 0.15) is 0 Å². The van der Waals surface area contributed by atoms with Crippen molar-refractivity contribution in [3.63, 3.8) is 0 Å². The molecule has 1 aliphatic heterocycles. The number of amides is 2. The minimum Gasteiger partial charge on any atom is -0.347 e. The first-order valence-electron chi connectivity index (χ1n) is 10.9. The Kier molecular flexibility index (Phi) is 5.97. The summed E-state index contributed by atoms with van der Waals surface area (Å²) in [6.07, 6.45) is 9.66. The van der Waals surface area contributed by atoms with E-state index in [-0.39, 0.29) is 17.9 Å². The van der Waals surface area contributed by atoms with E-state index in [9.17, 15) is 9.59 Å². The van der Waals surface area contributed by atoms with E-state index in [0.717, 1.165) is 68.4 Å². The second-order valence-electron chi connectivity index (χ2n) is 8.27. The maximum Gasteiger partial charge on any atom is 0.287 e. The molecular formula is C23H30N4O2. The van der Waals surface area contributed by atoms with Crippen molar-refractivity contribution >= 4 is 17.5 Å². The van der Waals surface area contributed by atoms with Crippen LogP contribution in [0.4, 0.5) is 5.69 Å². The van der Waals surface area contributed by atoms with Gasteiger partial charge in [0, 0.05) is 18.3 Å². The third-order valence-electron chi connectivity index (χ3n) is 6.12. The number of benzene rings is 1. The summed E-state index contributed by atoms with van der Waals surface area (Å²) in [6.45, 7) is 2.71. The Bertz CT molecular complexity index is 894. The Hall–Kier alpha value is -2.63. The second kappa shape index (κ2) is 8.80. The van der Waals surface area contributed by atoms with Crippen LogP contribution >= 0.6 is 0 Å². The molecule has 0 spiro atoms. The SMILES string of the molecule is Cc1ccccc1NC(=O)c1nc(C(=O)NC2CCCCCC2)n2c1CCCC2. The molecule has 2 heterocycles. The molecule has 1 fully saturated rings. The predicted molar refractivity (Wildman–Crippen MR) is 113 cm³/mol. The zero-order valence-electron chi connectivity index (χ0n) is 17.2. The largest absolute Gasteiger partial charge is 0.347 e. The Balaban J connectivity index is 1.57. The van der Waals surface area contributed by atoms with Gasteiger partial charge in [-0.1, -0.05) is 43.9 Å². The van der Waals surface area contributed by atoms with Crippen LogP contribution in [-0.4, -0.2) is 27.4 Å². The molecule has 1 aromatic carbocycles. The van der Waals surface area contributed by atoms with Gasteiger partial charge in [0.25, 0.3) is 11.8 Å². The van der Waals surface area contributed by atoms with Crippen LogP contribution in [0.25, 0.3) is 0 Å². The summed E-state index contributed by atoms with van der Waals surface area (Å²) in [7, 11) is 0. The molecule has 2 aromatic rings. The number of para-hydroxylation sites is 1. The zero-order chi connectivity index (χ0) is 20.2. The molecule has 0 radical (unpaired) electrons. The van der Waals surface area contributed by atoms with E-state index in [0.29, 0.717) is 11.5 Å². The van der Waals surface area contributed by atoms with Crippen LogP contribution in [-0.2, 0) is 13.0 Å². The lowest BCUT2D eigenvalue weighted by atomic mass is 10.1. The van der Waals surface area contributed by atoms with E-state index in [1.54, 1.807) is 0 Å². The summed E-state index contributed by atoms with van der Waals surface area (Å²) >= 11 is 0. The first-order valence-corrected chi connectivity index (χ1v) is 10.9. The standard InChI is InChI=1S/C23H30N4O2/c1-16-10-6-7-13-18(16)25-22(28)20-19-14-8-9-15-27(19)21(26-20)23(29)24-17-11-4-2-3-5-12-17/h6-7,10,13,17H,2-5,8-9,11-12,14-15H2,1H3,(H,24,29)(H,25,28). The number of rotatable bonds is 4. The van der Waals surface area contributed by atoms with Crippen molar-refractivity contribution in [1.82, 2.24) is 14.9 Å². The number of carbonyl (C=O) groups is 2. The van der Waals surface area contributed by atoms with Gasteiger partial charge in [0.15, 0.2) is 11.5 Å². The zero-order valence-corrected chi connectivity index (χ0v) is 17.2. The van der Waals surface area contributed by atoms with E-state index in [4.69, 9.17) is 0 Å². The predicted octanol–water partition coefficient (Wildman–Crippen LogP) is 4.23. The number of hydrogen-bond donors (Lipinski definition) is 2. The Labute approximate surface area is 172 Å². The van der Waals surface area contributed by atoms with Crippen molar-refractivity contribution in [2.24, 2.45) is 0 Å². The van der Waals surface area contributed by atoms with Gasteiger partial charge in [-0.05, 0) is 50.7 Å². The number of aryl methyl sites for hydroxylation is 1. The smallest absolute Gasteiger partial charge is 0.287 e. The molecule has 0 atom stereocenters. The minimum atomic E-state index is -0.238. The van der Waals surface area contributed by atoms with Gasteiger partial charge in [-0.3, -0.25) is 9.59 Å². The van der Waals surface area contributed by atoms with Crippen molar-refractivity contribution in [3.05, 3.63) is 47.0 Å². The fraction of sp³-hybridized carbons (Fsp3) is 0.522. The minimum absolute atomic E-state index is 0.144. The average molecular weight is 395 g/mol. The molecule has 1 aromatic heterocycles. The highest BCUT2D eigenvalue weighted by atomic mass is 16.2. The molecule has 2 N–H and O–H groups in total. The summed E-state index contributed by atoms with van der Waals surface area (Å²) < 4.78 is 1.96. The topological polar surface area (TPSA) is 76.0 Å². The molecule has 6 heteroatoms. The Morgan fingerprint density at radius 1 is 1.00 bits per heavy atom. The molecule has 1 aliphatic carbocycles. The highest BCUT2D eigenvalue weighted by Gasteiger charge is 2.28. The van der Waals surface area contributed by atoms with Gasteiger partial charge >= 0.3 is 0 Å². The molecule has 0 bridgehead atoms. The normalized spacial score (nSPS) is 17.3. The summed E-state index contributed by atoms with van der Waals surface area (Å²) in [5.41, 5.74) is 3.05. The number of nitrogens with one attached hydrogen (secondary N) is 2. The van der Waals surface area contributed by atoms with E-state index < -0.39 is 0 Å². The Morgan fingerprint density at radius 3 is 2.52 bits per heavy atom. The average Bonchev–Trinajstić information content (AvgIpc) is 2.93. The summed E-state index contributed by atoms with van der Waals surface area (Å²) in [6, 6.07) is 7.90. The van der Waals surface area contributed by atoms with Gasteiger partial charge < -0.3 is 15.2 Å². The van der Waals surface area contributed by atoms with Crippen LogP contribution in [0.3, 0.4) is 0 Å². The second-order valence-corrected chi connectivity index (χ2v) is 8.27. The van der Waals surface area contributed by atoms with Crippen LogP contribution in [0, 0.1) is 6.92 Å². The van der Waals surface area contributed by atoms with Gasteiger partial charge in [-0.15, -0.1) is 0 Å². The monoisotopic (exact) mass is 394 g/mol. The maximum atomic E-state index is 13.0. The van der Waals surface area contributed by atoms with Gasteiger partial charge in [0.05, 0.1) is 5.69 Å². The van der Waals surface area contributed by atoms with Crippen molar-refractivity contribution in [2.75, 3.05) is 5.32 Å². The van der Waals surface area contributed by atoms with E-state index in [1.165, 1.54) is 12.8 Å². The molecule has 1 saturated carbocycles. The number of imidazole rings is 1. The summed E-state index contributed by atoms with van der Waals surface area (Å²) in [5.74, 6) is 0.00680. The van der Waals surface area contributed by atoms with Crippen molar-refractivity contribution in [2.45, 2.75) is 77.3 Å². The fourth-order valence-corrected chi connectivity index (χ4v) is 4.47. The molecule has 154 valence electrons. The molecular weight excluding hydrogens is 364 g/mol. The molecule has 2 aliphatic rings. The van der Waals surface area contributed by atoms with Crippen LogP contribution in [0.1, 0.15) is 83.7 Å². The highest BCUT2D eigenvalue weighted by molar-refractivity contribution is 6.05. The maximum absolute atomic E-state index is 13.0.